The molecule has 7 nitrogen and oxygen atoms in total. The third-order valence-corrected chi connectivity index (χ3v) is 5.03. The Hall–Kier alpha value is -2.32. The molecule has 1 aliphatic rings. The Morgan fingerprint density at radius 2 is 1.75 bits per heavy atom. The van der Waals surface area contributed by atoms with Gasteiger partial charge in [0.25, 0.3) is 10.0 Å². The number of hydrogen-bond acceptors (Lipinski definition) is 6. The van der Waals surface area contributed by atoms with Crippen molar-refractivity contribution in [1.29, 1.82) is 0 Å². The number of rotatable bonds is 5. The first-order chi connectivity index (χ1) is 11.4. The molecule has 1 heterocycles. The second-order valence-corrected chi connectivity index (χ2v) is 6.90. The Kier molecular flexibility index (Phi) is 4.33. The van der Waals surface area contributed by atoms with Crippen molar-refractivity contribution in [1.82, 2.24) is 0 Å². The summed E-state index contributed by atoms with van der Waals surface area (Å²) < 4.78 is 48.4. The summed E-state index contributed by atoms with van der Waals surface area (Å²) in [7, 11) is -1.02. The highest BCUT2D eigenvalue weighted by Crippen LogP contribution is 2.38. The van der Waals surface area contributed by atoms with Crippen molar-refractivity contribution in [2.75, 3.05) is 25.7 Å². The van der Waals surface area contributed by atoms with E-state index >= 15 is 0 Å². The Morgan fingerprint density at radius 3 is 2.46 bits per heavy atom. The second-order valence-electron chi connectivity index (χ2n) is 4.81. The van der Waals surface area contributed by atoms with Gasteiger partial charge in [0.15, 0.2) is 11.5 Å². The topological polar surface area (TPSA) is 83.1 Å². The summed E-state index contributed by atoms with van der Waals surface area (Å²) in [5, 5.41) is 0.306. The summed E-state index contributed by atoms with van der Waals surface area (Å²) in [6.45, 7) is 0.0640. The molecule has 0 unspecified atom stereocenters. The molecule has 0 aliphatic carbocycles. The largest absolute Gasteiger partial charge is 0.495 e. The van der Waals surface area contributed by atoms with Crippen LogP contribution in [-0.4, -0.2) is 29.4 Å². The lowest BCUT2D eigenvalue weighted by Gasteiger charge is -2.14. The molecular weight excluding hydrogens is 358 g/mol. The number of nitrogens with one attached hydrogen (secondary N) is 1. The molecule has 0 spiro atoms. The van der Waals surface area contributed by atoms with Gasteiger partial charge in [-0.2, -0.15) is 0 Å². The zero-order valence-electron chi connectivity index (χ0n) is 12.8. The summed E-state index contributed by atoms with van der Waals surface area (Å²) in [5.41, 5.74) is 0.205. The molecule has 0 radical (unpaired) electrons. The molecule has 1 N–H and O–H groups in total. The minimum absolute atomic E-state index is 0.0303. The molecule has 0 amide bonds. The number of hydrogen-bond donors (Lipinski definition) is 1. The third kappa shape index (κ3) is 3.02. The lowest BCUT2D eigenvalue weighted by Crippen LogP contribution is -2.13. The van der Waals surface area contributed by atoms with Gasteiger partial charge in [0, 0.05) is 18.2 Å². The summed E-state index contributed by atoms with van der Waals surface area (Å²) in [6, 6.07) is 7.28. The van der Waals surface area contributed by atoms with Crippen LogP contribution in [0.2, 0.25) is 5.02 Å². The number of halogens is 1. The minimum atomic E-state index is -3.87. The number of sulfonamides is 1. The van der Waals surface area contributed by atoms with Gasteiger partial charge < -0.3 is 18.9 Å². The van der Waals surface area contributed by atoms with Crippen LogP contribution in [0.3, 0.4) is 0 Å². The first-order valence-corrected chi connectivity index (χ1v) is 8.64. The molecule has 3 rings (SSSR count). The van der Waals surface area contributed by atoms with Gasteiger partial charge in [-0.05, 0) is 12.1 Å². The van der Waals surface area contributed by atoms with E-state index in [9.17, 15) is 8.42 Å². The van der Waals surface area contributed by atoms with Crippen molar-refractivity contribution in [3.8, 4) is 23.0 Å². The maximum atomic E-state index is 12.6. The molecule has 2 aromatic carbocycles. The summed E-state index contributed by atoms with van der Waals surface area (Å²) in [4.78, 5) is 0.0303. The highest BCUT2D eigenvalue weighted by Gasteiger charge is 2.22. The van der Waals surface area contributed by atoms with Gasteiger partial charge in [-0.3, -0.25) is 4.72 Å². The fourth-order valence-corrected chi connectivity index (χ4v) is 3.49. The molecule has 128 valence electrons. The summed E-state index contributed by atoms with van der Waals surface area (Å²) >= 11 is 6.02. The zero-order chi connectivity index (χ0) is 17.3. The van der Waals surface area contributed by atoms with E-state index < -0.39 is 10.0 Å². The maximum absolute atomic E-state index is 12.6. The Labute approximate surface area is 144 Å². The second kappa shape index (κ2) is 6.29. The standard InChI is InChI=1S/C15H14ClNO6S/c1-20-13-7-11(14(21-2)6-10(13)16)17-24(18,19)9-3-4-12-15(5-9)23-8-22-12/h3-7,17H,8H2,1-2H3. The quantitative estimate of drug-likeness (QED) is 0.870. The van der Waals surface area contributed by atoms with Crippen molar-refractivity contribution in [2.24, 2.45) is 0 Å². The van der Waals surface area contributed by atoms with Crippen molar-refractivity contribution in [2.45, 2.75) is 4.90 Å². The fourth-order valence-electron chi connectivity index (χ4n) is 2.19. The van der Waals surface area contributed by atoms with Crippen molar-refractivity contribution in [3.63, 3.8) is 0 Å². The van der Waals surface area contributed by atoms with Gasteiger partial charge in [-0.15, -0.1) is 0 Å². The van der Waals surface area contributed by atoms with Crippen molar-refractivity contribution >= 4 is 27.3 Å². The smallest absolute Gasteiger partial charge is 0.262 e. The lowest BCUT2D eigenvalue weighted by atomic mass is 10.3. The first kappa shape index (κ1) is 16.5. The summed E-state index contributed by atoms with van der Waals surface area (Å²) in [6.07, 6.45) is 0. The molecule has 1 aliphatic heterocycles. The molecule has 9 heteroatoms. The monoisotopic (exact) mass is 371 g/mol. The summed E-state index contributed by atoms with van der Waals surface area (Å²) in [5.74, 6) is 1.46. The SMILES string of the molecule is COc1cc(NS(=O)(=O)c2ccc3c(c2)OCO3)c(OC)cc1Cl. The highest BCUT2D eigenvalue weighted by molar-refractivity contribution is 7.92. The van der Waals surface area contributed by atoms with E-state index in [-0.39, 0.29) is 23.1 Å². The predicted molar refractivity (Wildman–Crippen MR) is 87.9 cm³/mol. The van der Waals surface area contributed by atoms with Gasteiger partial charge in [0.1, 0.15) is 11.5 Å². The normalized spacial score (nSPS) is 12.8. The van der Waals surface area contributed by atoms with Crippen LogP contribution < -0.4 is 23.7 Å². The molecule has 0 fully saturated rings. The van der Waals surface area contributed by atoms with E-state index in [0.717, 1.165) is 0 Å². The molecule has 0 bridgehead atoms. The maximum Gasteiger partial charge on any atom is 0.262 e. The van der Waals surface area contributed by atoms with E-state index in [0.29, 0.717) is 22.3 Å². The highest BCUT2D eigenvalue weighted by atomic mass is 35.5. The Balaban J connectivity index is 1.97. The number of fused-ring (bicyclic) bond motifs is 1. The van der Waals surface area contributed by atoms with Crippen LogP contribution in [0.4, 0.5) is 5.69 Å². The van der Waals surface area contributed by atoms with Gasteiger partial charge in [0.05, 0.1) is 29.8 Å². The average Bonchev–Trinajstić information content (AvgIpc) is 3.03. The Bertz CT molecular complexity index is 884. The van der Waals surface area contributed by atoms with Crippen molar-refractivity contribution < 1.29 is 27.4 Å². The molecule has 0 saturated heterocycles. The van der Waals surface area contributed by atoms with Crippen LogP contribution in [0.15, 0.2) is 35.2 Å². The van der Waals surface area contributed by atoms with Gasteiger partial charge in [0.2, 0.25) is 6.79 Å². The zero-order valence-corrected chi connectivity index (χ0v) is 14.4. The van der Waals surface area contributed by atoms with Crippen molar-refractivity contribution in [3.05, 3.63) is 35.4 Å². The van der Waals surface area contributed by atoms with Crippen LogP contribution in [0, 0.1) is 0 Å². The molecule has 24 heavy (non-hydrogen) atoms. The molecule has 2 aromatic rings. The Morgan fingerprint density at radius 1 is 1.04 bits per heavy atom. The van der Waals surface area contributed by atoms with E-state index in [1.807, 2.05) is 0 Å². The number of ether oxygens (including phenoxy) is 4. The molecule has 0 saturated carbocycles. The average molecular weight is 372 g/mol. The first-order valence-electron chi connectivity index (χ1n) is 6.78. The van der Waals surface area contributed by atoms with E-state index in [1.165, 1.54) is 44.6 Å². The predicted octanol–water partition coefficient (Wildman–Crippen LogP) is 2.89. The minimum Gasteiger partial charge on any atom is -0.495 e. The van der Waals surface area contributed by atoms with Crippen LogP contribution >= 0.6 is 11.6 Å². The van der Waals surface area contributed by atoms with Gasteiger partial charge in [-0.1, -0.05) is 11.6 Å². The van der Waals surface area contributed by atoms with E-state index in [4.69, 9.17) is 30.5 Å². The van der Waals surface area contributed by atoms with E-state index in [1.54, 1.807) is 0 Å². The van der Waals surface area contributed by atoms with Crippen LogP contribution in [0.25, 0.3) is 0 Å². The molecule has 0 atom stereocenters. The number of benzene rings is 2. The van der Waals surface area contributed by atoms with Crippen LogP contribution in [0.5, 0.6) is 23.0 Å². The third-order valence-electron chi connectivity index (χ3n) is 3.37. The van der Waals surface area contributed by atoms with Crippen LogP contribution in [-0.2, 0) is 10.0 Å². The molecular formula is C15H14ClNO6S. The van der Waals surface area contributed by atoms with Crippen LogP contribution in [0.1, 0.15) is 0 Å². The molecule has 0 aromatic heterocycles. The van der Waals surface area contributed by atoms with Gasteiger partial charge >= 0.3 is 0 Å². The number of methoxy groups -OCH3 is 2. The van der Waals surface area contributed by atoms with E-state index in [2.05, 4.69) is 4.72 Å². The lowest BCUT2D eigenvalue weighted by molar-refractivity contribution is 0.174. The van der Waals surface area contributed by atoms with Gasteiger partial charge in [-0.25, -0.2) is 8.42 Å². The number of anilines is 1. The fraction of sp³-hybridized carbons (Fsp3) is 0.200.